The molecule has 0 fully saturated rings. The number of nitrogens with zero attached hydrogens (tertiary/aromatic N) is 1. The van der Waals surface area contributed by atoms with E-state index in [1.54, 1.807) is 38.1 Å². The molecule has 0 aliphatic rings. The molecule has 0 radical (unpaired) electrons. The van der Waals surface area contributed by atoms with Gasteiger partial charge in [-0.25, -0.2) is 0 Å². The first-order valence-corrected chi connectivity index (χ1v) is 5.61. The third kappa shape index (κ3) is 3.91. The Bertz CT molecular complexity index is 489. The molecular formula is C13H15N3O2. The first kappa shape index (κ1) is 13.7. The molecule has 94 valence electrons. The zero-order valence-electron chi connectivity index (χ0n) is 10.4. The minimum atomic E-state index is -0.355. The molecule has 1 rings (SSSR count). The van der Waals surface area contributed by atoms with Crippen LogP contribution in [0.15, 0.2) is 24.3 Å². The van der Waals surface area contributed by atoms with Crippen LogP contribution in [0.25, 0.3) is 0 Å². The molecule has 0 bridgehead atoms. The predicted molar refractivity (Wildman–Crippen MR) is 67.6 cm³/mol. The molecule has 5 heteroatoms. The Kier molecular flexibility index (Phi) is 4.88. The molecule has 5 nitrogen and oxygen atoms in total. The van der Waals surface area contributed by atoms with Gasteiger partial charge in [-0.3, -0.25) is 9.59 Å². The average Bonchev–Trinajstić information content (AvgIpc) is 2.36. The van der Waals surface area contributed by atoms with Crippen molar-refractivity contribution in [2.24, 2.45) is 5.92 Å². The van der Waals surface area contributed by atoms with Gasteiger partial charge in [0.2, 0.25) is 11.8 Å². The number of hydrogen-bond acceptors (Lipinski definition) is 3. The molecule has 0 aromatic heterocycles. The van der Waals surface area contributed by atoms with Crippen LogP contribution in [-0.2, 0) is 9.59 Å². The van der Waals surface area contributed by atoms with Crippen LogP contribution in [0.3, 0.4) is 0 Å². The van der Waals surface area contributed by atoms with Gasteiger partial charge in [-0.15, -0.1) is 0 Å². The maximum atomic E-state index is 11.6. The quantitative estimate of drug-likeness (QED) is 0.838. The Balaban J connectivity index is 2.55. The number of benzene rings is 1. The summed E-state index contributed by atoms with van der Waals surface area (Å²) in [4.78, 5) is 22.9. The lowest BCUT2D eigenvalue weighted by atomic mass is 10.2. The van der Waals surface area contributed by atoms with E-state index in [1.165, 1.54) is 0 Å². The maximum Gasteiger partial charge on any atom is 0.243 e. The molecular weight excluding hydrogens is 230 g/mol. The molecule has 0 saturated carbocycles. The number of carbonyl (C=O) groups is 2. The van der Waals surface area contributed by atoms with Crippen molar-refractivity contribution in [2.75, 3.05) is 11.9 Å². The minimum Gasteiger partial charge on any atom is -0.347 e. The number of para-hydroxylation sites is 1. The van der Waals surface area contributed by atoms with Gasteiger partial charge in [0.05, 0.1) is 17.8 Å². The number of anilines is 1. The molecule has 1 aromatic carbocycles. The van der Waals surface area contributed by atoms with E-state index < -0.39 is 0 Å². The van der Waals surface area contributed by atoms with Crippen LogP contribution >= 0.6 is 0 Å². The average molecular weight is 245 g/mol. The van der Waals surface area contributed by atoms with Gasteiger partial charge in [0.25, 0.3) is 0 Å². The van der Waals surface area contributed by atoms with Gasteiger partial charge in [0.1, 0.15) is 6.07 Å². The van der Waals surface area contributed by atoms with Crippen LogP contribution in [0.4, 0.5) is 5.69 Å². The van der Waals surface area contributed by atoms with Crippen LogP contribution in [0.5, 0.6) is 0 Å². The molecule has 2 N–H and O–H groups in total. The summed E-state index contributed by atoms with van der Waals surface area (Å²) in [7, 11) is 0. The number of amides is 2. The van der Waals surface area contributed by atoms with Gasteiger partial charge >= 0.3 is 0 Å². The fraction of sp³-hybridized carbons (Fsp3) is 0.308. The molecule has 0 aliphatic heterocycles. The van der Waals surface area contributed by atoms with E-state index in [9.17, 15) is 9.59 Å². The molecule has 18 heavy (non-hydrogen) atoms. The summed E-state index contributed by atoms with van der Waals surface area (Å²) in [5.74, 6) is -0.699. The lowest BCUT2D eigenvalue weighted by Crippen LogP contribution is -2.35. The van der Waals surface area contributed by atoms with Crippen molar-refractivity contribution in [2.45, 2.75) is 13.8 Å². The second-order valence-electron chi connectivity index (χ2n) is 4.08. The Morgan fingerprint density at radius 3 is 2.61 bits per heavy atom. The first-order chi connectivity index (χ1) is 8.54. The number of nitrogens with one attached hydrogen (secondary N) is 2. The number of carbonyl (C=O) groups excluding carboxylic acids is 2. The van der Waals surface area contributed by atoms with Crippen molar-refractivity contribution >= 4 is 17.5 Å². The Labute approximate surface area is 106 Å². The third-order valence-corrected chi connectivity index (χ3v) is 2.27. The Hall–Kier alpha value is -2.35. The highest BCUT2D eigenvalue weighted by Crippen LogP contribution is 2.12. The summed E-state index contributed by atoms with van der Waals surface area (Å²) >= 11 is 0. The summed E-state index contributed by atoms with van der Waals surface area (Å²) < 4.78 is 0. The van der Waals surface area contributed by atoms with E-state index in [4.69, 9.17) is 5.26 Å². The first-order valence-electron chi connectivity index (χ1n) is 5.61. The number of hydrogen-bond donors (Lipinski definition) is 2. The van der Waals surface area contributed by atoms with Crippen molar-refractivity contribution < 1.29 is 9.59 Å². The van der Waals surface area contributed by atoms with Crippen LogP contribution in [0.2, 0.25) is 0 Å². The molecule has 2 amide bonds. The smallest absolute Gasteiger partial charge is 0.243 e. The monoisotopic (exact) mass is 245 g/mol. The highest BCUT2D eigenvalue weighted by atomic mass is 16.2. The summed E-state index contributed by atoms with van der Waals surface area (Å²) in [6, 6.07) is 8.68. The molecule has 0 saturated heterocycles. The summed E-state index contributed by atoms with van der Waals surface area (Å²) in [5.41, 5.74) is 0.838. The van der Waals surface area contributed by atoms with E-state index >= 15 is 0 Å². The largest absolute Gasteiger partial charge is 0.347 e. The van der Waals surface area contributed by atoms with E-state index in [1.807, 2.05) is 6.07 Å². The SMILES string of the molecule is CC(C)C(=O)NCC(=O)Nc1ccccc1C#N. The van der Waals surface area contributed by atoms with Gasteiger partial charge in [0.15, 0.2) is 0 Å². The van der Waals surface area contributed by atoms with Crippen molar-refractivity contribution in [1.29, 1.82) is 5.26 Å². The van der Waals surface area contributed by atoms with Crippen molar-refractivity contribution in [3.63, 3.8) is 0 Å². The lowest BCUT2D eigenvalue weighted by Gasteiger charge is -2.09. The summed E-state index contributed by atoms with van der Waals surface area (Å²) in [5, 5.41) is 13.9. The summed E-state index contributed by atoms with van der Waals surface area (Å²) in [6.45, 7) is 3.40. The second kappa shape index (κ2) is 6.40. The van der Waals surface area contributed by atoms with Crippen LogP contribution < -0.4 is 10.6 Å². The minimum absolute atomic E-state index is 0.100. The molecule has 0 spiro atoms. The zero-order valence-corrected chi connectivity index (χ0v) is 10.4. The topological polar surface area (TPSA) is 82.0 Å². The number of nitriles is 1. The predicted octanol–water partition coefficient (Wildman–Crippen LogP) is 1.27. The van der Waals surface area contributed by atoms with Gasteiger partial charge in [-0.05, 0) is 12.1 Å². The Morgan fingerprint density at radius 1 is 1.33 bits per heavy atom. The van der Waals surface area contributed by atoms with Crippen molar-refractivity contribution in [3.8, 4) is 6.07 Å². The van der Waals surface area contributed by atoms with Crippen LogP contribution in [0, 0.1) is 17.2 Å². The van der Waals surface area contributed by atoms with Gasteiger partial charge in [0, 0.05) is 5.92 Å². The van der Waals surface area contributed by atoms with Crippen molar-refractivity contribution in [3.05, 3.63) is 29.8 Å². The summed E-state index contributed by atoms with van der Waals surface area (Å²) in [6.07, 6.45) is 0. The van der Waals surface area contributed by atoms with Crippen LogP contribution in [0.1, 0.15) is 19.4 Å². The molecule has 1 aromatic rings. The molecule has 0 atom stereocenters. The Morgan fingerprint density at radius 2 is 2.00 bits per heavy atom. The lowest BCUT2D eigenvalue weighted by molar-refractivity contribution is -0.126. The molecule has 0 aliphatic carbocycles. The normalized spacial score (nSPS) is 9.67. The highest BCUT2D eigenvalue weighted by molar-refractivity contribution is 5.95. The standard InChI is InChI=1S/C13H15N3O2/c1-9(2)13(18)15-8-12(17)16-11-6-4-3-5-10(11)7-14/h3-6,9H,8H2,1-2H3,(H,15,18)(H,16,17). The molecule has 0 unspecified atom stereocenters. The van der Waals surface area contributed by atoms with E-state index in [-0.39, 0.29) is 24.3 Å². The molecule has 0 heterocycles. The fourth-order valence-corrected chi connectivity index (χ4v) is 1.26. The van der Waals surface area contributed by atoms with Gasteiger partial charge < -0.3 is 10.6 Å². The van der Waals surface area contributed by atoms with E-state index in [0.29, 0.717) is 11.3 Å². The number of rotatable bonds is 4. The third-order valence-electron chi connectivity index (χ3n) is 2.27. The van der Waals surface area contributed by atoms with E-state index in [2.05, 4.69) is 10.6 Å². The van der Waals surface area contributed by atoms with Gasteiger partial charge in [-0.1, -0.05) is 26.0 Å². The van der Waals surface area contributed by atoms with E-state index in [0.717, 1.165) is 0 Å². The maximum absolute atomic E-state index is 11.6. The second-order valence-corrected chi connectivity index (χ2v) is 4.08. The highest BCUT2D eigenvalue weighted by Gasteiger charge is 2.10. The fourth-order valence-electron chi connectivity index (χ4n) is 1.26. The van der Waals surface area contributed by atoms with Crippen molar-refractivity contribution in [1.82, 2.24) is 5.32 Å². The van der Waals surface area contributed by atoms with Gasteiger partial charge in [-0.2, -0.15) is 5.26 Å². The van der Waals surface area contributed by atoms with Crippen LogP contribution in [-0.4, -0.2) is 18.4 Å². The zero-order chi connectivity index (χ0) is 13.5.